The quantitative estimate of drug-likeness (QED) is 0.722. The molecule has 0 saturated heterocycles. The minimum Gasteiger partial charge on any atom is -0.449 e. The van der Waals surface area contributed by atoms with Gasteiger partial charge >= 0.3 is 12.1 Å². The Morgan fingerprint density at radius 2 is 1.38 bits per heavy atom. The molecule has 0 radical (unpaired) electrons. The minimum atomic E-state index is -0.969. The summed E-state index contributed by atoms with van der Waals surface area (Å²) in [4.78, 5) is 36.2. The number of esters is 1. The molecule has 0 unspecified atom stereocenters. The summed E-state index contributed by atoms with van der Waals surface area (Å²) < 4.78 is 10.4. The van der Waals surface area contributed by atoms with Crippen molar-refractivity contribution in [2.24, 2.45) is 0 Å². The average Bonchev–Trinajstić information content (AvgIpc) is 2.62. The molecule has 7 heteroatoms. The highest BCUT2D eigenvalue weighted by Crippen LogP contribution is 2.15. The third kappa shape index (κ3) is 7.29. The molecule has 154 valence electrons. The van der Waals surface area contributed by atoms with Crippen molar-refractivity contribution in [3.8, 4) is 0 Å². The highest BCUT2D eigenvalue weighted by Gasteiger charge is 2.20. The number of ether oxygens (including phenoxy) is 2. The summed E-state index contributed by atoms with van der Waals surface area (Å²) in [6.45, 7) is 8.75. The Morgan fingerprint density at radius 3 is 1.93 bits per heavy atom. The van der Waals surface area contributed by atoms with E-state index in [9.17, 15) is 14.4 Å². The van der Waals surface area contributed by atoms with Gasteiger partial charge < -0.3 is 14.8 Å². The van der Waals surface area contributed by atoms with Crippen molar-refractivity contribution >= 4 is 29.3 Å². The molecule has 29 heavy (non-hydrogen) atoms. The molecule has 7 nitrogen and oxygen atoms in total. The van der Waals surface area contributed by atoms with Crippen LogP contribution >= 0.6 is 0 Å². The molecule has 1 atom stereocenters. The Hall–Kier alpha value is -3.35. The molecule has 0 spiro atoms. The standard InChI is InChI=1S/C22H26N2O5/c1-14-6-10-17(11-7-14)23-19(25)15(2)28-20(26)16-8-12-18(13-9-16)24-21(27)29-22(3,4)5/h6-13,15H,1-5H3,(H,23,25)(H,24,27)/t15-/m1/s1. The lowest BCUT2D eigenvalue weighted by Gasteiger charge is -2.19. The Kier molecular flexibility index (Phi) is 6.98. The first kappa shape index (κ1) is 21.9. The van der Waals surface area contributed by atoms with Crippen molar-refractivity contribution in [3.63, 3.8) is 0 Å². The number of carbonyl (C=O) groups excluding carboxylic acids is 3. The van der Waals surface area contributed by atoms with Crippen LogP contribution in [0.4, 0.5) is 16.2 Å². The van der Waals surface area contributed by atoms with Gasteiger partial charge in [-0.2, -0.15) is 0 Å². The summed E-state index contributed by atoms with van der Waals surface area (Å²) in [5.41, 5.74) is 1.83. The van der Waals surface area contributed by atoms with Crippen molar-refractivity contribution in [1.82, 2.24) is 0 Å². The van der Waals surface area contributed by atoms with Gasteiger partial charge in [0.05, 0.1) is 5.56 Å². The van der Waals surface area contributed by atoms with Gasteiger partial charge in [-0.25, -0.2) is 9.59 Å². The van der Waals surface area contributed by atoms with Crippen LogP contribution in [0.1, 0.15) is 43.6 Å². The van der Waals surface area contributed by atoms with Gasteiger partial charge in [0.15, 0.2) is 6.10 Å². The summed E-state index contributed by atoms with van der Waals surface area (Å²) in [6, 6.07) is 13.4. The number of rotatable bonds is 5. The molecule has 0 aliphatic carbocycles. The summed E-state index contributed by atoms with van der Waals surface area (Å²) in [7, 11) is 0. The van der Waals surface area contributed by atoms with Gasteiger partial charge in [0, 0.05) is 11.4 Å². The van der Waals surface area contributed by atoms with E-state index in [0.29, 0.717) is 11.4 Å². The maximum Gasteiger partial charge on any atom is 0.412 e. The highest BCUT2D eigenvalue weighted by atomic mass is 16.6. The van der Waals surface area contributed by atoms with Crippen LogP contribution in [0, 0.1) is 6.92 Å². The molecule has 0 aliphatic heterocycles. The van der Waals surface area contributed by atoms with E-state index in [0.717, 1.165) is 5.56 Å². The fourth-order valence-electron chi connectivity index (χ4n) is 2.27. The molecule has 0 bridgehead atoms. The maximum atomic E-state index is 12.3. The van der Waals surface area contributed by atoms with Gasteiger partial charge in [0.25, 0.3) is 5.91 Å². The number of aryl methyl sites for hydroxylation is 1. The summed E-state index contributed by atoms with van der Waals surface area (Å²) >= 11 is 0. The first-order valence-electron chi connectivity index (χ1n) is 9.22. The van der Waals surface area contributed by atoms with E-state index < -0.39 is 29.7 Å². The number of nitrogens with one attached hydrogen (secondary N) is 2. The molecule has 2 amide bonds. The smallest absolute Gasteiger partial charge is 0.412 e. The zero-order chi connectivity index (χ0) is 21.6. The molecule has 2 N–H and O–H groups in total. The van der Waals surface area contributed by atoms with Crippen molar-refractivity contribution in [1.29, 1.82) is 0 Å². The third-order valence-corrected chi connectivity index (χ3v) is 3.74. The van der Waals surface area contributed by atoms with E-state index in [-0.39, 0.29) is 5.56 Å². The second kappa shape index (κ2) is 9.23. The first-order valence-corrected chi connectivity index (χ1v) is 9.22. The monoisotopic (exact) mass is 398 g/mol. The van der Waals surface area contributed by atoms with Crippen molar-refractivity contribution < 1.29 is 23.9 Å². The van der Waals surface area contributed by atoms with Crippen LogP contribution in [0.2, 0.25) is 0 Å². The fraction of sp³-hybridized carbons (Fsp3) is 0.318. The summed E-state index contributed by atoms with van der Waals surface area (Å²) in [6.07, 6.45) is -1.56. The largest absolute Gasteiger partial charge is 0.449 e. The van der Waals surface area contributed by atoms with Gasteiger partial charge in [0.1, 0.15) is 5.60 Å². The van der Waals surface area contributed by atoms with E-state index in [2.05, 4.69) is 10.6 Å². The van der Waals surface area contributed by atoms with Crippen molar-refractivity contribution in [3.05, 3.63) is 59.7 Å². The predicted molar refractivity (Wildman–Crippen MR) is 111 cm³/mol. The van der Waals surface area contributed by atoms with E-state index in [4.69, 9.17) is 9.47 Å². The van der Waals surface area contributed by atoms with Crippen LogP contribution in [0.15, 0.2) is 48.5 Å². The molecule has 2 aromatic carbocycles. The SMILES string of the molecule is Cc1ccc(NC(=O)[C@@H](C)OC(=O)c2ccc(NC(=O)OC(C)(C)C)cc2)cc1. The van der Waals surface area contributed by atoms with Crippen LogP contribution in [0.3, 0.4) is 0 Å². The molecule has 0 aromatic heterocycles. The fourth-order valence-corrected chi connectivity index (χ4v) is 2.27. The second-order valence-electron chi connectivity index (χ2n) is 7.61. The van der Waals surface area contributed by atoms with Crippen molar-refractivity contribution in [2.45, 2.75) is 46.3 Å². The van der Waals surface area contributed by atoms with Crippen LogP contribution in [-0.2, 0) is 14.3 Å². The maximum absolute atomic E-state index is 12.3. The topological polar surface area (TPSA) is 93.7 Å². The molecule has 0 aliphatic rings. The number of anilines is 2. The van der Waals surface area contributed by atoms with Crippen LogP contribution < -0.4 is 10.6 Å². The van der Waals surface area contributed by atoms with Gasteiger partial charge in [-0.3, -0.25) is 10.1 Å². The van der Waals surface area contributed by atoms with Gasteiger partial charge in [-0.1, -0.05) is 17.7 Å². The predicted octanol–water partition coefficient (Wildman–Crippen LogP) is 4.53. The Bertz CT molecular complexity index is 868. The van der Waals surface area contributed by atoms with Crippen molar-refractivity contribution in [2.75, 3.05) is 10.6 Å². The third-order valence-electron chi connectivity index (χ3n) is 3.74. The zero-order valence-corrected chi connectivity index (χ0v) is 17.2. The average molecular weight is 398 g/mol. The zero-order valence-electron chi connectivity index (χ0n) is 17.2. The number of carbonyl (C=O) groups is 3. The number of benzene rings is 2. The molecule has 0 heterocycles. The normalized spacial score (nSPS) is 11.9. The lowest BCUT2D eigenvalue weighted by atomic mass is 10.2. The Labute approximate surface area is 170 Å². The van der Waals surface area contributed by atoms with Crippen LogP contribution in [-0.4, -0.2) is 29.7 Å². The highest BCUT2D eigenvalue weighted by molar-refractivity contribution is 5.97. The molecule has 2 rings (SSSR count). The second-order valence-corrected chi connectivity index (χ2v) is 7.61. The van der Waals surface area contributed by atoms with Crippen LogP contribution in [0.25, 0.3) is 0 Å². The lowest BCUT2D eigenvalue weighted by molar-refractivity contribution is -0.123. The van der Waals surface area contributed by atoms with Gasteiger partial charge in [-0.15, -0.1) is 0 Å². The molecular weight excluding hydrogens is 372 g/mol. The van der Waals surface area contributed by atoms with Crippen LogP contribution in [0.5, 0.6) is 0 Å². The van der Waals surface area contributed by atoms with E-state index in [1.165, 1.54) is 19.1 Å². The van der Waals surface area contributed by atoms with Gasteiger partial charge in [0.2, 0.25) is 0 Å². The number of hydrogen-bond acceptors (Lipinski definition) is 5. The molecule has 0 fully saturated rings. The molecule has 2 aromatic rings. The summed E-state index contributed by atoms with van der Waals surface area (Å²) in [5.74, 6) is -1.06. The summed E-state index contributed by atoms with van der Waals surface area (Å²) in [5, 5.41) is 5.27. The van der Waals surface area contributed by atoms with E-state index >= 15 is 0 Å². The molecule has 0 saturated carbocycles. The van der Waals surface area contributed by atoms with Gasteiger partial charge in [-0.05, 0) is 71.0 Å². The number of hydrogen-bond donors (Lipinski definition) is 2. The number of amides is 2. The van der Waals surface area contributed by atoms with E-state index in [1.807, 2.05) is 19.1 Å². The minimum absolute atomic E-state index is 0.259. The molecular formula is C22H26N2O5. The Morgan fingerprint density at radius 1 is 0.862 bits per heavy atom. The lowest BCUT2D eigenvalue weighted by Crippen LogP contribution is -2.30. The Balaban J connectivity index is 1.90. The first-order chi connectivity index (χ1) is 13.5. The van der Waals surface area contributed by atoms with E-state index in [1.54, 1.807) is 45.0 Å².